The standard InChI is InChI=1S/C21H34N2O/c1-2-3-4-5-6-7-8-9-10-11-12-13-16-19(21(22)24)20-17-14-15-18-23-20/h7-8,14-15,17-19H,2-6,9-13,16H2,1H3,(H2,22,24). The first-order valence-electron chi connectivity index (χ1n) is 9.61. The summed E-state index contributed by atoms with van der Waals surface area (Å²) in [5, 5.41) is 0. The Labute approximate surface area is 147 Å². The van der Waals surface area contributed by atoms with Crippen molar-refractivity contribution in [3.63, 3.8) is 0 Å². The van der Waals surface area contributed by atoms with Crippen molar-refractivity contribution in [1.29, 1.82) is 0 Å². The molecule has 24 heavy (non-hydrogen) atoms. The zero-order valence-corrected chi connectivity index (χ0v) is 15.3. The van der Waals surface area contributed by atoms with Gasteiger partial charge in [0, 0.05) is 6.20 Å². The van der Waals surface area contributed by atoms with Crippen molar-refractivity contribution in [2.45, 2.75) is 83.5 Å². The number of hydrogen-bond acceptors (Lipinski definition) is 2. The maximum Gasteiger partial charge on any atom is 0.226 e. The predicted octanol–water partition coefficient (Wildman–Crippen LogP) is 5.52. The first-order chi connectivity index (χ1) is 11.8. The number of aromatic nitrogens is 1. The second-order valence-corrected chi connectivity index (χ2v) is 6.52. The lowest BCUT2D eigenvalue weighted by molar-refractivity contribution is -0.119. The van der Waals surface area contributed by atoms with Crippen LogP contribution in [0.3, 0.4) is 0 Å². The summed E-state index contributed by atoms with van der Waals surface area (Å²) in [4.78, 5) is 15.9. The normalized spacial score (nSPS) is 12.5. The first-order valence-corrected chi connectivity index (χ1v) is 9.61. The summed E-state index contributed by atoms with van der Waals surface area (Å²) in [6.07, 6.45) is 19.6. The van der Waals surface area contributed by atoms with Gasteiger partial charge in [-0.2, -0.15) is 0 Å². The quantitative estimate of drug-likeness (QED) is 0.361. The van der Waals surface area contributed by atoms with Crippen LogP contribution >= 0.6 is 0 Å². The third-order valence-electron chi connectivity index (χ3n) is 4.39. The summed E-state index contributed by atoms with van der Waals surface area (Å²) in [5.41, 5.74) is 6.32. The topological polar surface area (TPSA) is 56.0 Å². The van der Waals surface area contributed by atoms with Gasteiger partial charge in [0.1, 0.15) is 0 Å². The third-order valence-corrected chi connectivity index (χ3v) is 4.39. The van der Waals surface area contributed by atoms with Gasteiger partial charge in [0.15, 0.2) is 0 Å². The first kappa shape index (κ1) is 20.4. The molecule has 0 aliphatic carbocycles. The van der Waals surface area contributed by atoms with Gasteiger partial charge in [-0.05, 0) is 44.2 Å². The highest BCUT2D eigenvalue weighted by atomic mass is 16.1. The fraction of sp³-hybridized carbons (Fsp3) is 0.619. The Bertz CT molecular complexity index is 456. The van der Waals surface area contributed by atoms with Crippen LogP contribution < -0.4 is 5.73 Å². The number of nitrogens with zero attached hydrogens (tertiary/aromatic N) is 1. The van der Waals surface area contributed by atoms with Gasteiger partial charge in [0.05, 0.1) is 11.6 Å². The molecule has 0 bridgehead atoms. The Morgan fingerprint density at radius 2 is 1.71 bits per heavy atom. The second kappa shape index (κ2) is 13.8. The molecular weight excluding hydrogens is 296 g/mol. The molecule has 0 aromatic carbocycles. The molecule has 3 nitrogen and oxygen atoms in total. The molecule has 1 atom stereocenters. The second-order valence-electron chi connectivity index (χ2n) is 6.52. The van der Waals surface area contributed by atoms with E-state index in [0.29, 0.717) is 0 Å². The Hall–Kier alpha value is -1.64. The highest BCUT2D eigenvalue weighted by Gasteiger charge is 2.18. The molecule has 0 aliphatic rings. The van der Waals surface area contributed by atoms with E-state index in [1.165, 1.54) is 51.4 Å². The van der Waals surface area contributed by atoms with Crippen molar-refractivity contribution in [3.05, 3.63) is 42.2 Å². The van der Waals surface area contributed by atoms with Crippen LogP contribution in [-0.4, -0.2) is 10.9 Å². The smallest absolute Gasteiger partial charge is 0.226 e. The van der Waals surface area contributed by atoms with E-state index in [4.69, 9.17) is 5.73 Å². The molecule has 1 aromatic rings. The minimum absolute atomic E-state index is 0.241. The van der Waals surface area contributed by atoms with Crippen LogP contribution in [0.2, 0.25) is 0 Å². The summed E-state index contributed by atoms with van der Waals surface area (Å²) < 4.78 is 0. The minimum Gasteiger partial charge on any atom is -0.369 e. The molecule has 1 unspecified atom stereocenters. The number of pyridine rings is 1. The maximum absolute atomic E-state index is 11.6. The number of carbonyl (C=O) groups is 1. The van der Waals surface area contributed by atoms with Gasteiger partial charge in [-0.1, -0.05) is 63.7 Å². The molecule has 0 saturated heterocycles. The van der Waals surface area contributed by atoms with E-state index in [2.05, 4.69) is 24.1 Å². The van der Waals surface area contributed by atoms with Crippen molar-refractivity contribution in [2.24, 2.45) is 5.73 Å². The van der Waals surface area contributed by atoms with Crippen molar-refractivity contribution in [2.75, 3.05) is 0 Å². The molecule has 1 heterocycles. The van der Waals surface area contributed by atoms with Crippen LogP contribution in [0.15, 0.2) is 36.5 Å². The van der Waals surface area contributed by atoms with E-state index in [-0.39, 0.29) is 11.8 Å². The lowest BCUT2D eigenvalue weighted by Gasteiger charge is -2.12. The highest BCUT2D eigenvalue weighted by Crippen LogP contribution is 2.20. The lowest BCUT2D eigenvalue weighted by Crippen LogP contribution is -2.22. The van der Waals surface area contributed by atoms with Crippen LogP contribution in [0.25, 0.3) is 0 Å². The number of nitrogens with two attached hydrogens (primary N) is 1. The number of rotatable bonds is 14. The highest BCUT2D eigenvalue weighted by molar-refractivity contribution is 5.81. The molecule has 0 aliphatic heterocycles. The summed E-state index contributed by atoms with van der Waals surface area (Å²) in [6.45, 7) is 2.25. The van der Waals surface area contributed by atoms with E-state index in [0.717, 1.165) is 25.0 Å². The fourth-order valence-corrected chi connectivity index (χ4v) is 2.91. The fourth-order valence-electron chi connectivity index (χ4n) is 2.91. The van der Waals surface area contributed by atoms with Crippen molar-refractivity contribution in [3.8, 4) is 0 Å². The summed E-state index contributed by atoms with van der Waals surface area (Å²) in [5.74, 6) is -0.506. The van der Waals surface area contributed by atoms with Crippen LogP contribution in [0, 0.1) is 0 Å². The molecular formula is C21H34N2O. The third kappa shape index (κ3) is 9.49. The Balaban J connectivity index is 2.06. The van der Waals surface area contributed by atoms with E-state index in [1.54, 1.807) is 6.20 Å². The Morgan fingerprint density at radius 3 is 2.29 bits per heavy atom. The average Bonchev–Trinajstić information content (AvgIpc) is 2.59. The van der Waals surface area contributed by atoms with Crippen LogP contribution in [0.4, 0.5) is 0 Å². The van der Waals surface area contributed by atoms with Crippen LogP contribution in [0.1, 0.15) is 89.2 Å². The van der Waals surface area contributed by atoms with Crippen LogP contribution in [0.5, 0.6) is 0 Å². The molecule has 0 radical (unpaired) electrons. The molecule has 0 saturated carbocycles. The number of amides is 1. The molecule has 2 N–H and O–H groups in total. The van der Waals surface area contributed by atoms with Gasteiger partial charge in [0.2, 0.25) is 5.91 Å². The van der Waals surface area contributed by atoms with E-state index in [1.807, 2.05) is 18.2 Å². The maximum atomic E-state index is 11.6. The predicted molar refractivity (Wildman–Crippen MR) is 102 cm³/mol. The number of allylic oxidation sites excluding steroid dienone is 2. The SMILES string of the molecule is CCCCCCC=CCCCCCCC(C(N)=O)c1ccccn1. The largest absolute Gasteiger partial charge is 0.369 e. The zero-order valence-electron chi connectivity index (χ0n) is 15.3. The zero-order chi connectivity index (χ0) is 17.5. The molecule has 0 fully saturated rings. The average molecular weight is 331 g/mol. The lowest BCUT2D eigenvalue weighted by atomic mass is 9.96. The summed E-state index contributed by atoms with van der Waals surface area (Å²) >= 11 is 0. The molecule has 1 amide bonds. The summed E-state index contributed by atoms with van der Waals surface area (Å²) in [6, 6.07) is 5.66. The van der Waals surface area contributed by atoms with Crippen molar-refractivity contribution in [1.82, 2.24) is 4.98 Å². The van der Waals surface area contributed by atoms with Crippen molar-refractivity contribution >= 4 is 5.91 Å². The van der Waals surface area contributed by atoms with E-state index in [9.17, 15) is 4.79 Å². The number of hydrogen-bond donors (Lipinski definition) is 1. The number of unbranched alkanes of at least 4 members (excludes halogenated alkanes) is 8. The molecule has 134 valence electrons. The number of carbonyl (C=O) groups excluding carboxylic acids is 1. The van der Waals surface area contributed by atoms with E-state index >= 15 is 0 Å². The van der Waals surface area contributed by atoms with Crippen LogP contribution in [-0.2, 0) is 4.79 Å². The van der Waals surface area contributed by atoms with Gasteiger partial charge in [-0.15, -0.1) is 0 Å². The molecule has 1 aromatic heterocycles. The van der Waals surface area contributed by atoms with E-state index < -0.39 is 0 Å². The molecule has 1 rings (SSSR count). The molecule has 0 spiro atoms. The molecule has 3 heteroatoms. The Kier molecular flexibility index (Phi) is 11.7. The van der Waals surface area contributed by atoms with Gasteiger partial charge < -0.3 is 5.73 Å². The monoisotopic (exact) mass is 330 g/mol. The van der Waals surface area contributed by atoms with Gasteiger partial charge in [-0.25, -0.2) is 0 Å². The van der Waals surface area contributed by atoms with Gasteiger partial charge in [-0.3, -0.25) is 9.78 Å². The van der Waals surface area contributed by atoms with Gasteiger partial charge in [0.25, 0.3) is 0 Å². The summed E-state index contributed by atoms with van der Waals surface area (Å²) in [7, 11) is 0. The number of primary amides is 1. The Morgan fingerprint density at radius 1 is 1.04 bits per heavy atom. The minimum atomic E-state index is -0.264. The van der Waals surface area contributed by atoms with Gasteiger partial charge >= 0.3 is 0 Å². The van der Waals surface area contributed by atoms with Crippen molar-refractivity contribution < 1.29 is 4.79 Å².